The van der Waals surface area contributed by atoms with Crippen molar-refractivity contribution < 1.29 is 9.15 Å². The van der Waals surface area contributed by atoms with E-state index >= 15 is 0 Å². The van der Waals surface area contributed by atoms with E-state index in [4.69, 9.17) is 20.8 Å². The molecule has 1 aromatic carbocycles. The van der Waals surface area contributed by atoms with Gasteiger partial charge in [-0.2, -0.15) is 0 Å². The molecule has 0 fully saturated rings. The third-order valence-corrected chi connectivity index (χ3v) is 2.86. The maximum atomic E-state index is 11.6. The van der Waals surface area contributed by atoms with Crippen molar-refractivity contribution in [3.8, 4) is 5.95 Å². The van der Waals surface area contributed by atoms with Crippen LogP contribution in [0.3, 0.4) is 0 Å². The summed E-state index contributed by atoms with van der Waals surface area (Å²) in [6.45, 7) is 0.460. The van der Waals surface area contributed by atoms with Gasteiger partial charge in [0.25, 0.3) is 0 Å². The minimum absolute atomic E-state index is 0.0991. The van der Waals surface area contributed by atoms with Crippen molar-refractivity contribution in [2.45, 2.75) is 0 Å². The molecule has 0 atom stereocenters. The Labute approximate surface area is 110 Å². The highest BCUT2D eigenvalue weighted by Crippen LogP contribution is 2.30. The van der Waals surface area contributed by atoms with Crippen molar-refractivity contribution in [2.75, 3.05) is 11.0 Å². The van der Waals surface area contributed by atoms with Crippen LogP contribution in [-0.2, 0) is 0 Å². The van der Waals surface area contributed by atoms with Crippen LogP contribution >= 0.6 is 34.2 Å². The van der Waals surface area contributed by atoms with E-state index in [0.29, 0.717) is 22.4 Å². The van der Waals surface area contributed by atoms with Gasteiger partial charge in [-0.05, 0) is 6.07 Å². The lowest BCUT2D eigenvalue weighted by atomic mass is 10.2. The molecule has 3 nitrogen and oxygen atoms in total. The van der Waals surface area contributed by atoms with Gasteiger partial charge in [-0.15, -0.1) is 0 Å². The summed E-state index contributed by atoms with van der Waals surface area (Å²) in [5, 5.41) is 1.47. The van der Waals surface area contributed by atoms with E-state index in [9.17, 15) is 4.79 Å². The fraction of sp³-hybridized carbons (Fsp3) is 0.182. The Morgan fingerprint density at radius 2 is 2.00 bits per heavy atom. The van der Waals surface area contributed by atoms with Gasteiger partial charge < -0.3 is 9.15 Å². The number of alkyl halides is 1. The van der Waals surface area contributed by atoms with Gasteiger partial charge in [0.1, 0.15) is 11.6 Å². The Hall–Kier alpha value is -0.750. The summed E-state index contributed by atoms with van der Waals surface area (Å²) in [7, 11) is 0. The molecule has 0 aliphatic heterocycles. The molecular weight excluding hydrogens is 342 g/mol. The molecule has 16 heavy (non-hydrogen) atoms. The quantitative estimate of drug-likeness (QED) is 0.630. The molecule has 0 amide bonds. The number of ether oxygens (including phenoxy) is 1. The highest BCUT2D eigenvalue weighted by Gasteiger charge is 2.12. The summed E-state index contributed by atoms with van der Waals surface area (Å²) in [5.41, 5.74) is -0.427. The standard InChI is InChI=1S/C11H8ClIO3/c12-9-7-3-1-2-4-8(7)10(14)16-11(9)15-6-5-13/h1-4H,5-6H2. The topological polar surface area (TPSA) is 39.4 Å². The van der Waals surface area contributed by atoms with Crippen LogP contribution in [0.15, 0.2) is 33.5 Å². The molecule has 2 rings (SSSR count). The minimum Gasteiger partial charge on any atom is -0.463 e. The molecule has 0 bridgehead atoms. The minimum atomic E-state index is -0.427. The van der Waals surface area contributed by atoms with E-state index in [2.05, 4.69) is 22.6 Å². The Bertz CT molecular complexity index is 565. The van der Waals surface area contributed by atoms with Crippen molar-refractivity contribution in [1.29, 1.82) is 0 Å². The van der Waals surface area contributed by atoms with Crippen LogP contribution < -0.4 is 10.4 Å². The molecule has 0 spiro atoms. The second-order valence-electron chi connectivity index (χ2n) is 3.07. The molecule has 0 N–H and O–H groups in total. The molecule has 84 valence electrons. The molecule has 0 saturated heterocycles. The van der Waals surface area contributed by atoms with Gasteiger partial charge in [0.05, 0.1) is 5.39 Å². The van der Waals surface area contributed by atoms with Gasteiger partial charge in [0.15, 0.2) is 0 Å². The number of fused-ring (bicyclic) bond motifs is 1. The summed E-state index contributed by atoms with van der Waals surface area (Å²) in [4.78, 5) is 11.6. The normalized spacial score (nSPS) is 10.6. The number of halogens is 2. The molecule has 0 unspecified atom stereocenters. The molecule has 0 aliphatic rings. The lowest BCUT2D eigenvalue weighted by Gasteiger charge is -2.06. The van der Waals surface area contributed by atoms with Gasteiger partial charge in [-0.3, -0.25) is 0 Å². The van der Waals surface area contributed by atoms with Crippen molar-refractivity contribution in [3.63, 3.8) is 0 Å². The maximum absolute atomic E-state index is 11.6. The smallest absolute Gasteiger partial charge is 0.346 e. The van der Waals surface area contributed by atoms with Crippen LogP contribution in [-0.4, -0.2) is 11.0 Å². The SMILES string of the molecule is O=c1oc(OCCI)c(Cl)c2ccccc12. The van der Waals surface area contributed by atoms with E-state index in [-0.39, 0.29) is 5.95 Å². The molecule has 0 aliphatic carbocycles. The Morgan fingerprint density at radius 3 is 2.69 bits per heavy atom. The number of rotatable bonds is 3. The first-order valence-corrected chi connectivity index (χ1v) is 6.54. The van der Waals surface area contributed by atoms with Gasteiger partial charge in [0.2, 0.25) is 0 Å². The average molecular weight is 351 g/mol. The van der Waals surface area contributed by atoms with Gasteiger partial charge in [-0.25, -0.2) is 4.79 Å². The summed E-state index contributed by atoms with van der Waals surface area (Å²) in [5.74, 6) is 0.0991. The maximum Gasteiger partial charge on any atom is 0.346 e. The monoisotopic (exact) mass is 350 g/mol. The first kappa shape index (κ1) is 11.7. The van der Waals surface area contributed by atoms with Crippen molar-refractivity contribution >= 4 is 45.0 Å². The lowest BCUT2D eigenvalue weighted by Crippen LogP contribution is -2.05. The van der Waals surface area contributed by atoms with Crippen LogP contribution in [0, 0.1) is 0 Å². The predicted molar refractivity (Wildman–Crippen MR) is 71.9 cm³/mol. The molecule has 0 saturated carbocycles. The summed E-state index contributed by atoms with van der Waals surface area (Å²) >= 11 is 8.25. The first-order valence-electron chi connectivity index (χ1n) is 4.64. The third kappa shape index (κ3) is 2.17. The molecule has 0 radical (unpaired) electrons. The third-order valence-electron chi connectivity index (χ3n) is 2.06. The average Bonchev–Trinajstić information content (AvgIpc) is 2.32. The van der Waals surface area contributed by atoms with Gasteiger partial charge in [0, 0.05) is 9.81 Å². The summed E-state index contributed by atoms with van der Waals surface area (Å²) in [6.07, 6.45) is 0. The Balaban J connectivity index is 2.61. The zero-order chi connectivity index (χ0) is 11.5. The largest absolute Gasteiger partial charge is 0.463 e. The second kappa shape index (κ2) is 5.05. The molecule has 1 heterocycles. The second-order valence-corrected chi connectivity index (χ2v) is 4.53. The Kier molecular flexibility index (Phi) is 3.70. The Morgan fingerprint density at radius 1 is 1.31 bits per heavy atom. The molecular formula is C11H8ClIO3. The lowest BCUT2D eigenvalue weighted by molar-refractivity contribution is 0.250. The zero-order valence-corrected chi connectivity index (χ0v) is 11.1. The zero-order valence-electron chi connectivity index (χ0n) is 8.20. The summed E-state index contributed by atoms with van der Waals surface area (Å²) in [6, 6.07) is 7.03. The highest BCUT2D eigenvalue weighted by molar-refractivity contribution is 14.1. The fourth-order valence-electron chi connectivity index (χ4n) is 1.37. The van der Waals surface area contributed by atoms with Crippen LogP contribution in [0.25, 0.3) is 10.8 Å². The van der Waals surface area contributed by atoms with E-state index < -0.39 is 5.63 Å². The van der Waals surface area contributed by atoms with Crippen LogP contribution in [0.2, 0.25) is 5.02 Å². The van der Waals surface area contributed by atoms with Crippen molar-refractivity contribution in [3.05, 3.63) is 39.7 Å². The van der Waals surface area contributed by atoms with Crippen LogP contribution in [0.1, 0.15) is 0 Å². The molecule has 1 aromatic heterocycles. The van der Waals surface area contributed by atoms with E-state index in [1.165, 1.54) is 0 Å². The predicted octanol–water partition coefficient (Wildman–Crippen LogP) is 3.26. The van der Waals surface area contributed by atoms with Crippen molar-refractivity contribution in [2.24, 2.45) is 0 Å². The molecule has 5 heteroatoms. The van der Waals surface area contributed by atoms with Crippen molar-refractivity contribution in [1.82, 2.24) is 0 Å². The molecule has 2 aromatic rings. The van der Waals surface area contributed by atoms with E-state index in [1.807, 2.05) is 6.07 Å². The first-order chi connectivity index (χ1) is 7.74. The summed E-state index contributed by atoms with van der Waals surface area (Å²) < 4.78 is 11.1. The van der Waals surface area contributed by atoms with Crippen LogP contribution in [0.5, 0.6) is 5.95 Å². The van der Waals surface area contributed by atoms with E-state index in [0.717, 1.165) is 4.43 Å². The number of benzene rings is 1. The fourth-order valence-corrected chi connectivity index (χ4v) is 1.85. The number of hydrogen-bond donors (Lipinski definition) is 0. The van der Waals surface area contributed by atoms with Gasteiger partial charge >= 0.3 is 11.6 Å². The van der Waals surface area contributed by atoms with Crippen LogP contribution in [0.4, 0.5) is 0 Å². The van der Waals surface area contributed by atoms with Gasteiger partial charge in [-0.1, -0.05) is 52.4 Å². The number of hydrogen-bond acceptors (Lipinski definition) is 3. The highest BCUT2D eigenvalue weighted by atomic mass is 127. The van der Waals surface area contributed by atoms with E-state index in [1.54, 1.807) is 18.2 Å².